The van der Waals surface area contributed by atoms with Gasteiger partial charge in [0.1, 0.15) is 0 Å². The van der Waals surface area contributed by atoms with Crippen molar-refractivity contribution in [1.29, 1.82) is 0 Å². The van der Waals surface area contributed by atoms with Gasteiger partial charge in [0.25, 0.3) is 0 Å². The fourth-order valence-corrected chi connectivity index (χ4v) is 3.02. The van der Waals surface area contributed by atoms with Crippen LogP contribution >= 0.6 is 0 Å². The summed E-state index contributed by atoms with van der Waals surface area (Å²) < 4.78 is 0. The Labute approximate surface area is 102 Å². The van der Waals surface area contributed by atoms with Crippen LogP contribution in [-0.2, 0) is 10.2 Å². The predicted octanol–water partition coefficient (Wildman–Crippen LogP) is 2.19. The van der Waals surface area contributed by atoms with Crippen molar-refractivity contribution in [2.24, 2.45) is 5.84 Å². The van der Waals surface area contributed by atoms with Gasteiger partial charge >= 0.3 is 0 Å². The molecule has 0 radical (unpaired) electrons. The minimum atomic E-state index is -0.404. The van der Waals surface area contributed by atoms with Gasteiger partial charge in [0.05, 0.1) is 5.41 Å². The highest BCUT2D eigenvalue weighted by atomic mass is 16.2. The lowest BCUT2D eigenvalue weighted by Gasteiger charge is -2.36. The Bertz CT molecular complexity index is 408. The smallest absolute Gasteiger partial charge is 0.244 e. The third-order valence-electron chi connectivity index (χ3n) is 3.93. The molecule has 0 unspecified atom stereocenters. The summed E-state index contributed by atoms with van der Waals surface area (Å²) in [5, 5.41) is 0. The molecular formula is C14H20N2O. The van der Waals surface area contributed by atoms with Crippen molar-refractivity contribution in [2.45, 2.75) is 44.4 Å². The van der Waals surface area contributed by atoms with Gasteiger partial charge < -0.3 is 0 Å². The van der Waals surface area contributed by atoms with E-state index in [1.54, 1.807) is 0 Å². The van der Waals surface area contributed by atoms with Gasteiger partial charge in [-0.1, -0.05) is 43.5 Å². The fraction of sp³-hybridized carbons (Fsp3) is 0.500. The van der Waals surface area contributed by atoms with Gasteiger partial charge in [0, 0.05) is 0 Å². The van der Waals surface area contributed by atoms with Crippen LogP contribution in [0.5, 0.6) is 0 Å². The molecule has 0 heterocycles. The van der Waals surface area contributed by atoms with Gasteiger partial charge in [-0.05, 0) is 30.9 Å². The number of carbonyl (C=O) groups is 1. The van der Waals surface area contributed by atoms with Crippen LogP contribution < -0.4 is 11.3 Å². The molecule has 3 N–H and O–H groups in total. The summed E-state index contributed by atoms with van der Waals surface area (Å²) in [6.45, 7) is 2.06. The highest BCUT2D eigenvalue weighted by molar-refractivity contribution is 5.88. The predicted molar refractivity (Wildman–Crippen MR) is 68.3 cm³/mol. The number of aryl methyl sites for hydroxylation is 1. The number of rotatable bonds is 2. The Kier molecular flexibility index (Phi) is 3.48. The molecule has 2 rings (SSSR count). The lowest BCUT2D eigenvalue weighted by molar-refractivity contribution is -0.128. The highest BCUT2D eigenvalue weighted by Crippen LogP contribution is 2.40. The van der Waals surface area contributed by atoms with E-state index in [2.05, 4.69) is 24.5 Å². The van der Waals surface area contributed by atoms with Crippen LogP contribution in [-0.4, -0.2) is 5.91 Å². The number of benzene rings is 1. The second-order valence-corrected chi connectivity index (χ2v) is 4.93. The lowest BCUT2D eigenvalue weighted by atomic mass is 9.67. The zero-order valence-electron chi connectivity index (χ0n) is 10.3. The first kappa shape index (κ1) is 12.1. The molecule has 0 bridgehead atoms. The van der Waals surface area contributed by atoms with Crippen LogP contribution in [0.2, 0.25) is 0 Å². The van der Waals surface area contributed by atoms with Crippen LogP contribution in [0, 0.1) is 6.92 Å². The van der Waals surface area contributed by atoms with Crippen LogP contribution in [0.4, 0.5) is 0 Å². The number of amides is 1. The molecule has 0 spiro atoms. The third-order valence-corrected chi connectivity index (χ3v) is 3.93. The molecule has 3 nitrogen and oxygen atoms in total. The van der Waals surface area contributed by atoms with Crippen LogP contribution in [0.1, 0.15) is 43.2 Å². The average Bonchev–Trinajstić information content (AvgIpc) is 2.39. The van der Waals surface area contributed by atoms with Gasteiger partial charge in [-0.3, -0.25) is 10.2 Å². The summed E-state index contributed by atoms with van der Waals surface area (Å²) in [6.07, 6.45) is 5.22. The number of hydrogen-bond donors (Lipinski definition) is 2. The molecule has 17 heavy (non-hydrogen) atoms. The Morgan fingerprint density at radius 1 is 1.24 bits per heavy atom. The lowest BCUT2D eigenvalue weighted by Crippen LogP contribution is -2.48. The summed E-state index contributed by atoms with van der Waals surface area (Å²) in [5.41, 5.74) is 4.28. The first-order valence-corrected chi connectivity index (χ1v) is 6.28. The van der Waals surface area contributed by atoms with E-state index in [-0.39, 0.29) is 5.91 Å². The Hall–Kier alpha value is -1.35. The van der Waals surface area contributed by atoms with Crippen molar-refractivity contribution in [2.75, 3.05) is 0 Å². The molecule has 1 amide bonds. The van der Waals surface area contributed by atoms with Crippen molar-refractivity contribution >= 4 is 5.91 Å². The van der Waals surface area contributed by atoms with Crippen molar-refractivity contribution in [1.82, 2.24) is 5.43 Å². The second kappa shape index (κ2) is 4.88. The van der Waals surface area contributed by atoms with Crippen molar-refractivity contribution in [3.05, 3.63) is 35.4 Å². The quantitative estimate of drug-likeness (QED) is 0.466. The largest absolute Gasteiger partial charge is 0.293 e. The number of nitrogens with one attached hydrogen (secondary N) is 1. The van der Waals surface area contributed by atoms with E-state index in [4.69, 9.17) is 5.84 Å². The van der Waals surface area contributed by atoms with E-state index in [0.29, 0.717) is 0 Å². The van der Waals surface area contributed by atoms with Crippen molar-refractivity contribution in [3.8, 4) is 0 Å². The maximum Gasteiger partial charge on any atom is 0.244 e. The fourth-order valence-electron chi connectivity index (χ4n) is 3.02. The van der Waals surface area contributed by atoms with Crippen molar-refractivity contribution < 1.29 is 4.79 Å². The van der Waals surface area contributed by atoms with E-state index in [9.17, 15) is 4.79 Å². The molecule has 1 aliphatic carbocycles. The third kappa shape index (κ3) is 2.07. The number of carbonyl (C=O) groups excluding carboxylic acids is 1. The van der Waals surface area contributed by atoms with Crippen molar-refractivity contribution in [3.63, 3.8) is 0 Å². The minimum Gasteiger partial charge on any atom is -0.293 e. The van der Waals surface area contributed by atoms with Gasteiger partial charge in [-0.15, -0.1) is 0 Å². The molecule has 1 aliphatic rings. The molecule has 3 heteroatoms. The summed E-state index contributed by atoms with van der Waals surface area (Å²) in [4.78, 5) is 12.2. The molecule has 92 valence electrons. The molecule has 0 atom stereocenters. The van der Waals surface area contributed by atoms with E-state index in [0.717, 1.165) is 31.2 Å². The Morgan fingerprint density at radius 3 is 2.47 bits per heavy atom. The summed E-state index contributed by atoms with van der Waals surface area (Å²) in [5.74, 6) is 5.34. The number of hydrazine groups is 1. The zero-order valence-corrected chi connectivity index (χ0v) is 10.3. The standard InChI is InChI=1S/C14H20N2O/c1-11-7-3-4-8-12(11)14(13(17)16-15)9-5-2-6-10-14/h3-4,7-8H,2,5-6,9-10,15H2,1H3,(H,16,17). The van der Waals surface area contributed by atoms with E-state index >= 15 is 0 Å². The molecule has 1 fully saturated rings. The monoisotopic (exact) mass is 232 g/mol. The Balaban J connectivity index is 2.46. The van der Waals surface area contributed by atoms with E-state index in [1.165, 1.54) is 12.0 Å². The van der Waals surface area contributed by atoms with Crippen LogP contribution in [0.15, 0.2) is 24.3 Å². The van der Waals surface area contributed by atoms with Gasteiger partial charge in [0.15, 0.2) is 0 Å². The minimum absolute atomic E-state index is 0.0356. The summed E-state index contributed by atoms with van der Waals surface area (Å²) >= 11 is 0. The molecule has 0 aromatic heterocycles. The first-order chi connectivity index (χ1) is 8.20. The maximum absolute atomic E-state index is 12.2. The van der Waals surface area contributed by atoms with Crippen LogP contribution in [0.25, 0.3) is 0 Å². The molecular weight excluding hydrogens is 212 g/mol. The van der Waals surface area contributed by atoms with Gasteiger partial charge in [-0.2, -0.15) is 0 Å². The van der Waals surface area contributed by atoms with Gasteiger partial charge in [0.2, 0.25) is 5.91 Å². The van der Waals surface area contributed by atoms with Gasteiger partial charge in [-0.25, -0.2) is 5.84 Å². The SMILES string of the molecule is Cc1ccccc1C1(C(=O)NN)CCCCC1. The normalized spacial score (nSPS) is 18.7. The molecule has 1 aromatic carbocycles. The second-order valence-electron chi connectivity index (χ2n) is 4.93. The average molecular weight is 232 g/mol. The van der Waals surface area contributed by atoms with E-state index < -0.39 is 5.41 Å². The number of hydrogen-bond acceptors (Lipinski definition) is 2. The zero-order chi connectivity index (χ0) is 12.3. The van der Waals surface area contributed by atoms with E-state index in [1.807, 2.05) is 12.1 Å². The number of nitrogens with two attached hydrogens (primary N) is 1. The van der Waals surface area contributed by atoms with Crippen LogP contribution in [0.3, 0.4) is 0 Å². The summed E-state index contributed by atoms with van der Waals surface area (Å²) in [6, 6.07) is 8.14. The molecule has 0 aliphatic heterocycles. The Morgan fingerprint density at radius 2 is 1.88 bits per heavy atom. The first-order valence-electron chi connectivity index (χ1n) is 6.28. The molecule has 1 aromatic rings. The highest BCUT2D eigenvalue weighted by Gasteiger charge is 2.41. The maximum atomic E-state index is 12.2. The summed E-state index contributed by atoms with van der Waals surface area (Å²) in [7, 11) is 0. The topological polar surface area (TPSA) is 55.1 Å². The molecule has 0 saturated heterocycles. The molecule has 1 saturated carbocycles.